The Balaban J connectivity index is 1.37. The summed E-state index contributed by atoms with van der Waals surface area (Å²) in [6.45, 7) is 3.62. The molecule has 0 spiro atoms. The van der Waals surface area contributed by atoms with Crippen molar-refractivity contribution < 1.29 is 4.74 Å². The Morgan fingerprint density at radius 1 is 1.00 bits per heavy atom. The molecule has 3 aromatic rings. The number of aryl methyl sites for hydroxylation is 1. The number of aromatic nitrogens is 1. The van der Waals surface area contributed by atoms with Crippen LogP contribution in [-0.4, -0.2) is 28.9 Å². The van der Waals surface area contributed by atoms with E-state index in [2.05, 4.69) is 84.4 Å². The van der Waals surface area contributed by atoms with Crippen LogP contribution in [-0.2, 0) is 17.0 Å². The molecule has 1 unspecified atom stereocenters. The summed E-state index contributed by atoms with van der Waals surface area (Å²) in [5.74, 6) is 2.78. The van der Waals surface area contributed by atoms with Crippen LogP contribution in [0.25, 0.3) is 0 Å². The number of hydrogen-bond donors (Lipinski definition) is 0. The van der Waals surface area contributed by atoms with Gasteiger partial charge < -0.3 is 9.30 Å². The lowest BCUT2D eigenvalue weighted by atomic mass is 10.1. The molecule has 0 aliphatic carbocycles. The summed E-state index contributed by atoms with van der Waals surface area (Å²) < 4.78 is 8.14. The number of thioether (sulfide) groups is 1. The van der Waals surface area contributed by atoms with Crippen molar-refractivity contribution in [3.8, 4) is 0 Å². The van der Waals surface area contributed by atoms with E-state index >= 15 is 0 Å². The molecule has 0 saturated carbocycles. The second-order valence-corrected chi connectivity index (χ2v) is 7.94. The molecule has 138 valence electrons. The predicted molar refractivity (Wildman–Crippen MR) is 114 cm³/mol. The van der Waals surface area contributed by atoms with Crippen molar-refractivity contribution >= 4 is 17.7 Å². The van der Waals surface area contributed by atoms with Crippen molar-refractivity contribution in [2.45, 2.75) is 25.3 Å². The molecule has 4 heteroatoms. The summed E-state index contributed by atoms with van der Waals surface area (Å²) in [7, 11) is 0. The lowest BCUT2D eigenvalue weighted by Gasteiger charge is -2.09. The first kappa shape index (κ1) is 17.9. The van der Waals surface area contributed by atoms with Crippen molar-refractivity contribution in [2.75, 3.05) is 12.4 Å². The number of ether oxygens (including phenoxy) is 1. The summed E-state index contributed by atoms with van der Waals surface area (Å²) in [6, 6.07) is 23.6. The smallest absolute Gasteiger partial charge is 0.233 e. The minimum absolute atomic E-state index is 0.233. The molecule has 1 atom stereocenters. The van der Waals surface area contributed by atoms with Gasteiger partial charge in [-0.2, -0.15) is 11.8 Å². The molecule has 0 amide bonds. The average molecular weight is 377 g/mol. The van der Waals surface area contributed by atoms with Gasteiger partial charge in [-0.15, -0.1) is 0 Å². The van der Waals surface area contributed by atoms with E-state index < -0.39 is 0 Å². The van der Waals surface area contributed by atoms with Gasteiger partial charge in [-0.05, 0) is 30.2 Å². The van der Waals surface area contributed by atoms with Crippen LogP contribution < -0.4 is 0 Å². The van der Waals surface area contributed by atoms with E-state index in [0.29, 0.717) is 6.61 Å². The Bertz CT molecular complexity index is 900. The highest BCUT2D eigenvalue weighted by molar-refractivity contribution is 7.98. The van der Waals surface area contributed by atoms with Crippen molar-refractivity contribution in [1.29, 1.82) is 0 Å². The highest BCUT2D eigenvalue weighted by atomic mass is 32.2. The third kappa shape index (κ3) is 4.64. The first-order valence-electron chi connectivity index (χ1n) is 9.31. The van der Waals surface area contributed by atoms with E-state index in [1.807, 2.05) is 11.8 Å². The zero-order valence-electron chi connectivity index (χ0n) is 15.5. The SMILES string of the molecule is Cc1ccc(Cn2cccc2C2=NC(CSCc3ccccc3)CO2)cc1. The topological polar surface area (TPSA) is 26.5 Å². The maximum absolute atomic E-state index is 5.93. The van der Waals surface area contributed by atoms with Crippen molar-refractivity contribution in [3.05, 3.63) is 95.3 Å². The number of hydrogen-bond acceptors (Lipinski definition) is 3. The van der Waals surface area contributed by atoms with Gasteiger partial charge in [0.2, 0.25) is 5.90 Å². The minimum Gasteiger partial charge on any atom is -0.474 e. The Morgan fingerprint density at radius 3 is 2.63 bits per heavy atom. The summed E-state index contributed by atoms with van der Waals surface area (Å²) in [4.78, 5) is 4.83. The number of aliphatic imine (C=N–C) groups is 1. The van der Waals surface area contributed by atoms with Gasteiger partial charge in [-0.3, -0.25) is 0 Å². The summed E-state index contributed by atoms with van der Waals surface area (Å²) >= 11 is 1.92. The van der Waals surface area contributed by atoms with Gasteiger partial charge in [0.1, 0.15) is 12.3 Å². The van der Waals surface area contributed by atoms with Crippen LogP contribution in [0.3, 0.4) is 0 Å². The Kier molecular flexibility index (Phi) is 5.64. The number of nitrogens with zero attached hydrogens (tertiary/aromatic N) is 2. The van der Waals surface area contributed by atoms with E-state index in [0.717, 1.165) is 29.6 Å². The zero-order valence-corrected chi connectivity index (χ0v) is 16.4. The van der Waals surface area contributed by atoms with Gasteiger partial charge in [-0.25, -0.2) is 4.99 Å². The molecule has 3 nitrogen and oxygen atoms in total. The van der Waals surface area contributed by atoms with E-state index in [1.54, 1.807) is 0 Å². The number of benzene rings is 2. The van der Waals surface area contributed by atoms with Gasteiger partial charge in [0, 0.05) is 24.2 Å². The van der Waals surface area contributed by atoms with Crippen LogP contribution >= 0.6 is 11.8 Å². The highest BCUT2D eigenvalue weighted by Crippen LogP contribution is 2.20. The van der Waals surface area contributed by atoms with Gasteiger partial charge in [-0.1, -0.05) is 60.2 Å². The largest absolute Gasteiger partial charge is 0.474 e. The van der Waals surface area contributed by atoms with Crippen LogP contribution in [0.5, 0.6) is 0 Å². The van der Waals surface area contributed by atoms with Gasteiger partial charge in [0.05, 0.1) is 6.04 Å². The zero-order chi connectivity index (χ0) is 18.5. The van der Waals surface area contributed by atoms with E-state index in [9.17, 15) is 0 Å². The Labute approximate surface area is 165 Å². The fourth-order valence-corrected chi connectivity index (χ4v) is 4.15. The molecule has 2 heterocycles. The Morgan fingerprint density at radius 2 is 1.81 bits per heavy atom. The molecular formula is C23H24N2OS. The predicted octanol–water partition coefficient (Wildman–Crippen LogP) is 4.92. The van der Waals surface area contributed by atoms with Crippen LogP contribution in [0.4, 0.5) is 0 Å². The van der Waals surface area contributed by atoms with Crippen molar-refractivity contribution in [3.63, 3.8) is 0 Å². The molecule has 0 radical (unpaired) electrons. The first-order valence-corrected chi connectivity index (χ1v) is 10.5. The third-order valence-corrected chi connectivity index (χ3v) is 5.81. The molecule has 1 aliphatic rings. The van der Waals surface area contributed by atoms with Crippen molar-refractivity contribution in [2.24, 2.45) is 4.99 Å². The fraction of sp³-hybridized carbons (Fsp3) is 0.261. The normalized spacial score (nSPS) is 16.2. The molecule has 0 N–H and O–H groups in total. The monoisotopic (exact) mass is 376 g/mol. The Hall–Kier alpha value is -2.46. The third-order valence-electron chi connectivity index (χ3n) is 4.66. The molecule has 0 bridgehead atoms. The summed E-state index contributed by atoms with van der Waals surface area (Å²) in [5, 5.41) is 0. The molecule has 0 fully saturated rings. The first-order chi connectivity index (χ1) is 13.3. The van der Waals surface area contributed by atoms with Crippen LogP contribution in [0.2, 0.25) is 0 Å². The van der Waals surface area contributed by atoms with Crippen molar-refractivity contribution in [1.82, 2.24) is 4.57 Å². The van der Waals surface area contributed by atoms with E-state index in [4.69, 9.17) is 9.73 Å². The molecule has 0 saturated heterocycles. The molecule has 1 aromatic heterocycles. The van der Waals surface area contributed by atoms with E-state index in [1.165, 1.54) is 16.7 Å². The van der Waals surface area contributed by atoms with Gasteiger partial charge in [0.25, 0.3) is 0 Å². The van der Waals surface area contributed by atoms with Crippen LogP contribution in [0, 0.1) is 6.92 Å². The average Bonchev–Trinajstić information content (AvgIpc) is 3.34. The fourth-order valence-electron chi connectivity index (χ4n) is 3.16. The molecule has 27 heavy (non-hydrogen) atoms. The summed E-state index contributed by atoms with van der Waals surface area (Å²) in [6.07, 6.45) is 2.10. The standard InChI is InChI=1S/C23H24N2OS/c1-18-9-11-19(12-10-18)14-25-13-5-8-22(25)23-24-21(15-26-23)17-27-16-20-6-3-2-4-7-20/h2-13,21H,14-17H2,1H3. The molecular weight excluding hydrogens is 352 g/mol. The van der Waals surface area contributed by atoms with Gasteiger partial charge >= 0.3 is 0 Å². The lowest BCUT2D eigenvalue weighted by Crippen LogP contribution is -2.11. The van der Waals surface area contributed by atoms with Gasteiger partial charge in [0.15, 0.2) is 0 Å². The minimum atomic E-state index is 0.233. The summed E-state index contributed by atoms with van der Waals surface area (Å²) in [5.41, 5.74) is 4.99. The highest BCUT2D eigenvalue weighted by Gasteiger charge is 2.22. The lowest BCUT2D eigenvalue weighted by molar-refractivity contribution is 0.323. The maximum Gasteiger partial charge on any atom is 0.233 e. The van der Waals surface area contributed by atoms with Crippen LogP contribution in [0.15, 0.2) is 77.9 Å². The molecule has 1 aliphatic heterocycles. The van der Waals surface area contributed by atoms with Crippen LogP contribution in [0.1, 0.15) is 22.4 Å². The molecule has 4 rings (SSSR count). The number of rotatable bonds is 7. The second kappa shape index (κ2) is 8.49. The van der Waals surface area contributed by atoms with E-state index in [-0.39, 0.29) is 6.04 Å². The quantitative estimate of drug-likeness (QED) is 0.585. The molecule has 2 aromatic carbocycles. The maximum atomic E-state index is 5.93. The second-order valence-electron chi connectivity index (χ2n) is 6.91.